The van der Waals surface area contributed by atoms with Crippen molar-refractivity contribution in [3.8, 4) is 0 Å². The number of carbonyl (C=O) groups excluding carboxylic acids is 2. The highest BCUT2D eigenvalue weighted by molar-refractivity contribution is 5.89. The van der Waals surface area contributed by atoms with Crippen molar-refractivity contribution in [2.24, 2.45) is 5.92 Å². The van der Waals surface area contributed by atoms with Gasteiger partial charge in [-0.2, -0.15) is 0 Å². The Bertz CT molecular complexity index is 672. The lowest BCUT2D eigenvalue weighted by molar-refractivity contribution is -0.135. The minimum absolute atomic E-state index is 0.00926. The van der Waals surface area contributed by atoms with Crippen molar-refractivity contribution in [3.05, 3.63) is 48.1 Å². The summed E-state index contributed by atoms with van der Waals surface area (Å²) in [4.78, 5) is 31.9. The Balaban J connectivity index is 1.59. The Morgan fingerprint density at radius 3 is 2.87 bits per heavy atom. The summed E-state index contributed by atoms with van der Waals surface area (Å²) in [6.45, 7) is 1.34. The number of amides is 2. The molecule has 0 saturated carbocycles. The lowest BCUT2D eigenvalue weighted by Crippen LogP contribution is -2.34. The number of pyridine rings is 1. The van der Waals surface area contributed by atoms with Gasteiger partial charge in [0, 0.05) is 45.0 Å². The molecule has 0 radical (unpaired) electrons. The van der Waals surface area contributed by atoms with E-state index >= 15 is 0 Å². The number of aromatic nitrogens is 2. The maximum absolute atomic E-state index is 12.5. The highest BCUT2D eigenvalue weighted by Crippen LogP contribution is 2.22. The minimum atomic E-state index is -0.304. The molecule has 0 aliphatic carbocycles. The predicted molar refractivity (Wildman–Crippen MR) is 80.7 cm³/mol. The van der Waals surface area contributed by atoms with E-state index in [2.05, 4.69) is 10.1 Å². The maximum Gasteiger partial charge on any atom is 0.228 e. The average Bonchev–Trinajstić information content (AvgIpc) is 3.18. The summed E-state index contributed by atoms with van der Waals surface area (Å²) < 4.78 is 4.77. The normalized spacial score (nSPS) is 17.5. The van der Waals surface area contributed by atoms with Gasteiger partial charge in [0.1, 0.15) is 12.0 Å². The van der Waals surface area contributed by atoms with Gasteiger partial charge in [0.15, 0.2) is 0 Å². The highest BCUT2D eigenvalue weighted by Gasteiger charge is 2.35. The summed E-state index contributed by atoms with van der Waals surface area (Å²) in [6.07, 6.45) is 5.13. The Morgan fingerprint density at radius 2 is 2.17 bits per heavy atom. The van der Waals surface area contributed by atoms with Gasteiger partial charge >= 0.3 is 0 Å². The molecule has 1 saturated heterocycles. The second-order valence-electron chi connectivity index (χ2n) is 5.72. The summed E-state index contributed by atoms with van der Waals surface area (Å²) in [5.74, 6) is -0.338. The number of hydrogen-bond donors (Lipinski definition) is 0. The van der Waals surface area contributed by atoms with Crippen LogP contribution in [0.1, 0.15) is 17.7 Å². The third-order valence-corrected chi connectivity index (χ3v) is 3.95. The van der Waals surface area contributed by atoms with Crippen molar-refractivity contribution in [1.29, 1.82) is 0 Å². The molecule has 1 atom stereocenters. The standard InChI is InChI=1S/C16H18N4O3/c1-19(11-14-4-7-23-18-14)16(22)13-8-15(21)20(10-13)9-12-2-5-17-6-3-12/h2-7,13H,8-11H2,1H3/t13-/m0/s1. The molecule has 1 aliphatic rings. The fourth-order valence-electron chi connectivity index (χ4n) is 2.75. The van der Waals surface area contributed by atoms with Crippen LogP contribution in [-0.4, -0.2) is 45.3 Å². The van der Waals surface area contributed by atoms with Crippen molar-refractivity contribution in [2.45, 2.75) is 19.5 Å². The van der Waals surface area contributed by atoms with Crippen LogP contribution in [0.15, 0.2) is 41.4 Å². The fraction of sp³-hybridized carbons (Fsp3) is 0.375. The quantitative estimate of drug-likeness (QED) is 0.825. The van der Waals surface area contributed by atoms with Crippen LogP contribution in [0.5, 0.6) is 0 Å². The van der Waals surface area contributed by atoms with Crippen LogP contribution in [-0.2, 0) is 22.7 Å². The van der Waals surface area contributed by atoms with Crippen LogP contribution in [0.25, 0.3) is 0 Å². The minimum Gasteiger partial charge on any atom is -0.364 e. The molecule has 2 aromatic rings. The van der Waals surface area contributed by atoms with E-state index in [9.17, 15) is 9.59 Å². The number of rotatable bonds is 5. The van der Waals surface area contributed by atoms with Crippen LogP contribution in [0, 0.1) is 5.92 Å². The maximum atomic E-state index is 12.5. The van der Waals surface area contributed by atoms with Gasteiger partial charge in [0.25, 0.3) is 0 Å². The van der Waals surface area contributed by atoms with Gasteiger partial charge < -0.3 is 14.3 Å². The molecule has 1 aliphatic heterocycles. The van der Waals surface area contributed by atoms with Gasteiger partial charge in [-0.15, -0.1) is 0 Å². The molecule has 2 amide bonds. The number of carbonyl (C=O) groups is 2. The smallest absolute Gasteiger partial charge is 0.228 e. The third-order valence-electron chi connectivity index (χ3n) is 3.95. The molecular weight excluding hydrogens is 296 g/mol. The largest absolute Gasteiger partial charge is 0.364 e. The van der Waals surface area contributed by atoms with Gasteiger partial charge in [-0.3, -0.25) is 14.6 Å². The lowest BCUT2D eigenvalue weighted by atomic mass is 10.1. The Labute approximate surface area is 133 Å². The first-order valence-electron chi connectivity index (χ1n) is 7.44. The molecule has 1 fully saturated rings. The third kappa shape index (κ3) is 3.56. The van der Waals surface area contributed by atoms with E-state index in [1.54, 1.807) is 35.3 Å². The van der Waals surface area contributed by atoms with Gasteiger partial charge in [-0.1, -0.05) is 5.16 Å². The Morgan fingerprint density at radius 1 is 1.39 bits per heavy atom. The zero-order chi connectivity index (χ0) is 16.2. The van der Waals surface area contributed by atoms with E-state index in [1.807, 2.05) is 12.1 Å². The zero-order valence-electron chi connectivity index (χ0n) is 12.9. The molecule has 0 spiro atoms. The number of nitrogens with zero attached hydrogens (tertiary/aromatic N) is 4. The van der Waals surface area contributed by atoms with Crippen LogP contribution in [0.4, 0.5) is 0 Å². The molecule has 0 aromatic carbocycles. The summed E-state index contributed by atoms with van der Waals surface area (Å²) >= 11 is 0. The fourth-order valence-corrected chi connectivity index (χ4v) is 2.75. The van der Waals surface area contributed by atoms with E-state index in [0.717, 1.165) is 5.56 Å². The average molecular weight is 314 g/mol. The van der Waals surface area contributed by atoms with Crippen LogP contribution in [0.3, 0.4) is 0 Å². The Kier molecular flexibility index (Phi) is 4.36. The van der Waals surface area contributed by atoms with E-state index in [4.69, 9.17) is 4.52 Å². The van der Waals surface area contributed by atoms with Crippen molar-refractivity contribution >= 4 is 11.8 Å². The monoisotopic (exact) mass is 314 g/mol. The molecule has 3 rings (SSSR count). The second-order valence-corrected chi connectivity index (χ2v) is 5.72. The molecular formula is C16H18N4O3. The van der Waals surface area contributed by atoms with Crippen molar-refractivity contribution in [3.63, 3.8) is 0 Å². The summed E-state index contributed by atoms with van der Waals surface area (Å²) in [6, 6.07) is 5.47. The molecule has 7 heteroatoms. The van der Waals surface area contributed by atoms with Crippen LogP contribution in [0.2, 0.25) is 0 Å². The van der Waals surface area contributed by atoms with Crippen LogP contribution < -0.4 is 0 Å². The SMILES string of the molecule is CN(Cc1ccon1)C(=O)[C@H]1CC(=O)N(Cc2ccncc2)C1. The summed E-state index contributed by atoms with van der Waals surface area (Å²) in [7, 11) is 1.72. The first-order valence-corrected chi connectivity index (χ1v) is 7.44. The molecule has 23 heavy (non-hydrogen) atoms. The molecule has 7 nitrogen and oxygen atoms in total. The van der Waals surface area contributed by atoms with Crippen molar-refractivity contribution in [1.82, 2.24) is 19.9 Å². The van der Waals surface area contributed by atoms with E-state index in [0.29, 0.717) is 25.3 Å². The molecule has 120 valence electrons. The Hall–Kier alpha value is -2.70. The first-order chi connectivity index (χ1) is 11.1. The molecule has 3 heterocycles. The lowest BCUT2D eigenvalue weighted by Gasteiger charge is -2.20. The van der Waals surface area contributed by atoms with E-state index in [-0.39, 0.29) is 24.2 Å². The highest BCUT2D eigenvalue weighted by atomic mass is 16.5. The van der Waals surface area contributed by atoms with Gasteiger partial charge in [-0.05, 0) is 17.7 Å². The van der Waals surface area contributed by atoms with Gasteiger partial charge in [0.05, 0.1) is 12.5 Å². The van der Waals surface area contributed by atoms with Crippen molar-refractivity contribution in [2.75, 3.05) is 13.6 Å². The number of likely N-dealkylation sites (tertiary alicyclic amines) is 1. The zero-order valence-corrected chi connectivity index (χ0v) is 12.9. The molecule has 2 aromatic heterocycles. The van der Waals surface area contributed by atoms with E-state index < -0.39 is 0 Å². The number of hydrogen-bond acceptors (Lipinski definition) is 5. The summed E-state index contributed by atoms with van der Waals surface area (Å²) in [5.41, 5.74) is 1.70. The van der Waals surface area contributed by atoms with Gasteiger partial charge in [-0.25, -0.2) is 0 Å². The first kappa shape index (κ1) is 15.2. The molecule has 0 bridgehead atoms. The van der Waals surface area contributed by atoms with E-state index in [1.165, 1.54) is 6.26 Å². The second kappa shape index (κ2) is 6.60. The molecule has 0 unspecified atom stereocenters. The molecule has 0 N–H and O–H groups in total. The van der Waals surface area contributed by atoms with Crippen LogP contribution >= 0.6 is 0 Å². The topological polar surface area (TPSA) is 79.5 Å². The van der Waals surface area contributed by atoms with Crippen molar-refractivity contribution < 1.29 is 14.1 Å². The summed E-state index contributed by atoms with van der Waals surface area (Å²) in [5, 5.41) is 3.80. The van der Waals surface area contributed by atoms with Gasteiger partial charge in [0.2, 0.25) is 11.8 Å². The predicted octanol–water partition coefficient (Wildman–Crippen LogP) is 1.08.